The van der Waals surface area contributed by atoms with Crippen LogP contribution in [0, 0.1) is 0 Å². The van der Waals surface area contributed by atoms with Gasteiger partial charge in [-0.25, -0.2) is 4.98 Å². The minimum absolute atomic E-state index is 0.0418. The molecule has 0 aliphatic carbocycles. The molecule has 2 amide bonds. The molecule has 0 bridgehead atoms. The van der Waals surface area contributed by atoms with Gasteiger partial charge in [0.2, 0.25) is 5.91 Å². The number of benzene rings is 1. The first-order valence-electron chi connectivity index (χ1n) is 8.88. The van der Waals surface area contributed by atoms with Crippen molar-refractivity contribution in [2.24, 2.45) is 7.05 Å². The molecule has 4 rings (SSSR count). The molecule has 9 heteroatoms. The van der Waals surface area contributed by atoms with Crippen molar-refractivity contribution in [2.75, 3.05) is 31.9 Å². The molecule has 1 fully saturated rings. The molecule has 1 aliphatic rings. The molecule has 7 nitrogen and oxygen atoms in total. The van der Waals surface area contributed by atoms with Crippen LogP contribution in [0.1, 0.15) is 10.6 Å². The van der Waals surface area contributed by atoms with Crippen LogP contribution in [0.15, 0.2) is 46.2 Å². The van der Waals surface area contributed by atoms with Gasteiger partial charge in [0, 0.05) is 38.2 Å². The molecule has 0 spiro atoms. The Kier molecular flexibility index (Phi) is 5.32. The highest BCUT2D eigenvalue weighted by Gasteiger charge is 2.26. The molecule has 28 heavy (non-hydrogen) atoms. The Morgan fingerprint density at radius 2 is 1.93 bits per heavy atom. The number of aryl methyl sites for hydroxylation is 1. The van der Waals surface area contributed by atoms with E-state index in [9.17, 15) is 9.59 Å². The predicted molar refractivity (Wildman–Crippen MR) is 108 cm³/mol. The lowest BCUT2D eigenvalue weighted by atomic mass is 10.3. The number of thioether (sulfide) groups is 1. The fourth-order valence-electron chi connectivity index (χ4n) is 3.21. The summed E-state index contributed by atoms with van der Waals surface area (Å²) in [5.74, 6) is 0.541. The second-order valence-electron chi connectivity index (χ2n) is 6.53. The third kappa shape index (κ3) is 3.74. The van der Waals surface area contributed by atoms with E-state index in [-0.39, 0.29) is 11.8 Å². The van der Waals surface area contributed by atoms with Crippen molar-refractivity contribution < 1.29 is 14.0 Å². The number of nitrogens with zero attached hydrogens (tertiary/aromatic N) is 4. The Morgan fingerprint density at radius 3 is 2.64 bits per heavy atom. The molecule has 0 atom stereocenters. The van der Waals surface area contributed by atoms with Crippen molar-refractivity contribution in [1.82, 2.24) is 19.4 Å². The van der Waals surface area contributed by atoms with E-state index in [1.807, 2.05) is 29.8 Å². The second kappa shape index (κ2) is 7.89. The van der Waals surface area contributed by atoms with Crippen LogP contribution < -0.4 is 0 Å². The number of hydrogen-bond acceptors (Lipinski definition) is 5. The topological polar surface area (TPSA) is 71.6 Å². The Hall–Kier alpha value is -2.45. The molecule has 0 N–H and O–H groups in total. The summed E-state index contributed by atoms with van der Waals surface area (Å²) >= 11 is 7.43. The average molecular weight is 419 g/mol. The van der Waals surface area contributed by atoms with Gasteiger partial charge in [-0.2, -0.15) is 0 Å². The largest absolute Gasteiger partial charge is 0.459 e. The first kappa shape index (κ1) is 18.9. The Labute approximate surface area is 171 Å². The molecule has 0 unspecified atom stereocenters. The van der Waals surface area contributed by atoms with Crippen LogP contribution in [-0.2, 0) is 11.8 Å². The fraction of sp³-hybridized carbons (Fsp3) is 0.316. The number of fused-ring (bicyclic) bond motifs is 1. The fourth-order valence-corrected chi connectivity index (χ4v) is 4.27. The van der Waals surface area contributed by atoms with Gasteiger partial charge in [-0.05, 0) is 30.3 Å². The number of halogens is 1. The zero-order chi connectivity index (χ0) is 19.7. The van der Waals surface area contributed by atoms with Crippen LogP contribution in [0.2, 0.25) is 5.02 Å². The van der Waals surface area contributed by atoms with Crippen LogP contribution in [0.4, 0.5) is 0 Å². The maximum Gasteiger partial charge on any atom is 0.289 e. The molecule has 0 saturated carbocycles. The van der Waals surface area contributed by atoms with E-state index in [4.69, 9.17) is 16.0 Å². The van der Waals surface area contributed by atoms with Crippen LogP contribution in [0.3, 0.4) is 0 Å². The lowest BCUT2D eigenvalue weighted by Crippen LogP contribution is -2.51. The van der Waals surface area contributed by atoms with E-state index in [0.717, 1.165) is 16.2 Å². The Bertz CT molecular complexity index is 1010. The summed E-state index contributed by atoms with van der Waals surface area (Å²) in [6, 6.07) is 8.91. The first-order valence-corrected chi connectivity index (χ1v) is 10.2. The van der Waals surface area contributed by atoms with E-state index < -0.39 is 0 Å². The summed E-state index contributed by atoms with van der Waals surface area (Å²) in [5.41, 5.74) is 1.79. The molecule has 1 aromatic carbocycles. The average Bonchev–Trinajstić information content (AvgIpc) is 3.34. The van der Waals surface area contributed by atoms with Crippen molar-refractivity contribution >= 4 is 46.2 Å². The number of hydrogen-bond donors (Lipinski definition) is 0. The number of carbonyl (C=O) groups excluding carboxylic acids is 2. The maximum atomic E-state index is 12.6. The number of aromatic nitrogens is 2. The zero-order valence-electron chi connectivity index (χ0n) is 15.3. The third-order valence-corrected chi connectivity index (χ3v) is 6.03. The van der Waals surface area contributed by atoms with Crippen LogP contribution in [0.25, 0.3) is 11.0 Å². The highest BCUT2D eigenvalue weighted by molar-refractivity contribution is 7.99. The van der Waals surface area contributed by atoms with Gasteiger partial charge in [0.1, 0.15) is 0 Å². The van der Waals surface area contributed by atoms with Crippen molar-refractivity contribution in [2.45, 2.75) is 5.16 Å². The zero-order valence-corrected chi connectivity index (χ0v) is 16.9. The molecule has 3 aromatic rings. The Balaban J connectivity index is 1.33. The van der Waals surface area contributed by atoms with Gasteiger partial charge in [-0.1, -0.05) is 23.4 Å². The van der Waals surface area contributed by atoms with Crippen LogP contribution in [-0.4, -0.2) is 63.1 Å². The number of piperazine rings is 1. The lowest BCUT2D eigenvalue weighted by molar-refractivity contribution is -0.129. The number of furan rings is 1. The van der Waals surface area contributed by atoms with Crippen LogP contribution in [0.5, 0.6) is 0 Å². The van der Waals surface area contributed by atoms with E-state index >= 15 is 0 Å². The van der Waals surface area contributed by atoms with Crippen molar-refractivity contribution in [3.05, 3.63) is 47.4 Å². The highest BCUT2D eigenvalue weighted by atomic mass is 35.5. The third-order valence-electron chi connectivity index (χ3n) is 4.78. The first-order chi connectivity index (χ1) is 13.5. The van der Waals surface area contributed by atoms with E-state index in [2.05, 4.69) is 4.98 Å². The van der Waals surface area contributed by atoms with Crippen molar-refractivity contribution in [3.63, 3.8) is 0 Å². The normalized spacial score (nSPS) is 14.6. The minimum Gasteiger partial charge on any atom is -0.459 e. The molecule has 2 aromatic heterocycles. The summed E-state index contributed by atoms with van der Waals surface area (Å²) in [7, 11) is 1.93. The summed E-state index contributed by atoms with van der Waals surface area (Å²) in [5, 5.41) is 1.41. The van der Waals surface area contributed by atoms with Crippen LogP contribution >= 0.6 is 23.4 Å². The highest BCUT2D eigenvalue weighted by Crippen LogP contribution is 2.25. The minimum atomic E-state index is -0.134. The van der Waals surface area contributed by atoms with Gasteiger partial charge >= 0.3 is 0 Å². The second-order valence-corrected chi connectivity index (χ2v) is 7.90. The lowest BCUT2D eigenvalue weighted by Gasteiger charge is -2.34. The summed E-state index contributed by atoms with van der Waals surface area (Å²) in [6.45, 7) is 2.04. The van der Waals surface area contributed by atoms with Gasteiger partial charge in [0.05, 0.1) is 23.0 Å². The Morgan fingerprint density at radius 1 is 1.18 bits per heavy atom. The maximum absolute atomic E-state index is 12.6. The molecule has 1 aliphatic heterocycles. The monoisotopic (exact) mass is 418 g/mol. The molecule has 146 valence electrons. The number of imidazole rings is 1. The predicted octanol–water partition coefficient (Wildman–Crippen LogP) is 2.90. The smallest absolute Gasteiger partial charge is 0.289 e. The van der Waals surface area contributed by atoms with Gasteiger partial charge in [-0.3, -0.25) is 9.59 Å². The van der Waals surface area contributed by atoms with Gasteiger partial charge in [0.15, 0.2) is 10.9 Å². The molecule has 3 heterocycles. The van der Waals surface area contributed by atoms with Gasteiger partial charge < -0.3 is 18.8 Å². The number of rotatable bonds is 4. The molecule has 1 saturated heterocycles. The standard InChI is InChI=1S/C19H19ClN4O3S/c1-22-15-5-4-13(20)11-14(15)21-19(22)28-12-17(25)23-6-8-24(9-7-23)18(26)16-3-2-10-27-16/h2-5,10-11H,6-9,12H2,1H3. The van der Waals surface area contributed by atoms with E-state index in [0.29, 0.717) is 42.7 Å². The molecular formula is C19H19ClN4O3S. The molecular weight excluding hydrogens is 400 g/mol. The summed E-state index contributed by atoms with van der Waals surface area (Å²) in [6.07, 6.45) is 1.49. The van der Waals surface area contributed by atoms with Crippen molar-refractivity contribution in [3.8, 4) is 0 Å². The van der Waals surface area contributed by atoms with Gasteiger partial charge in [0.25, 0.3) is 5.91 Å². The number of amides is 2. The number of carbonyl (C=O) groups is 2. The van der Waals surface area contributed by atoms with Gasteiger partial charge in [-0.15, -0.1) is 0 Å². The quantitative estimate of drug-likeness (QED) is 0.609. The summed E-state index contributed by atoms with van der Waals surface area (Å²) < 4.78 is 7.12. The van der Waals surface area contributed by atoms with E-state index in [1.165, 1.54) is 18.0 Å². The SMILES string of the molecule is Cn1c(SCC(=O)N2CCN(C(=O)c3ccco3)CC2)nc2cc(Cl)ccc21. The van der Waals surface area contributed by atoms with E-state index in [1.54, 1.807) is 21.9 Å². The molecule has 0 radical (unpaired) electrons. The summed E-state index contributed by atoms with van der Waals surface area (Å²) in [4.78, 5) is 32.9. The van der Waals surface area contributed by atoms with Crippen molar-refractivity contribution in [1.29, 1.82) is 0 Å².